The normalized spacial score (nSPS) is 12.7. The van der Waals surface area contributed by atoms with Crippen molar-refractivity contribution < 1.29 is 4.74 Å². The van der Waals surface area contributed by atoms with Gasteiger partial charge >= 0.3 is 0 Å². The largest absolute Gasteiger partial charge is 0.496 e. The van der Waals surface area contributed by atoms with E-state index in [1.165, 1.54) is 11.1 Å². The van der Waals surface area contributed by atoms with E-state index < -0.39 is 0 Å². The molecule has 3 heteroatoms. The number of nitrogens with two attached hydrogens (primary N) is 1. The van der Waals surface area contributed by atoms with Crippen molar-refractivity contribution in [1.29, 1.82) is 0 Å². The molecule has 108 valence electrons. The molecule has 2 N–H and O–H groups in total. The molecule has 0 amide bonds. The number of hydrogen-bond donors (Lipinski definition) is 1. The molecule has 0 heterocycles. The zero-order valence-corrected chi connectivity index (χ0v) is 12.8. The first-order valence-electron chi connectivity index (χ1n) is 7.16. The maximum Gasteiger partial charge on any atom is 0.122 e. The molecule has 1 aromatic rings. The molecule has 0 fully saturated rings. The molecule has 0 aliphatic carbocycles. The summed E-state index contributed by atoms with van der Waals surface area (Å²) in [5, 5.41) is 0. The Morgan fingerprint density at radius 1 is 1.37 bits per heavy atom. The second-order valence-electron chi connectivity index (χ2n) is 5.36. The van der Waals surface area contributed by atoms with Crippen LogP contribution < -0.4 is 10.5 Å². The highest BCUT2D eigenvalue weighted by molar-refractivity contribution is 5.37. The van der Waals surface area contributed by atoms with Crippen LogP contribution in [0.1, 0.15) is 37.8 Å². The average molecular weight is 264 g/mol. The third-order valence-corrected chi connectivity index (χ3v) is 3.38. The summed E-state index contributed by atoms with van der Waals surface area (Å²) in [6.07, 6.45) is 3.25. The highest BCUT2D eigenvalue weighted by atomic mass is 16.5. The minimum absolute atomic E-state index is 0.307. The second-order valence-corrected chi connectivity index (χ2v) is 5.36. The first kappa shape index (κ1) is 16.0. The first-order valence-corrected chi connectivity index (χ1v) is 7.16. The summed E-state index contributed by atoms with van der Waals surface area (Å²) in [6, 6.07) is 6.78. The Morgan fingerprint density at radius 3 is 2.68 bits per heavy atom. The molecule has 1 rings (SSSR count). The lowest BCUT2D eigenvalue weighted by atomic mass is 10.1. The Hall–Kier alpha value is -1.06. The fraction of sp³-hybridized carbons (Fsp3) is 0.625. The van der Waals surface area contributed by atoms with E-state index in [0.29, 0.717) is 6.04 Å². The second kappa shape index (κ2) is 8.18. The van der Waals surface area contributed by atoms with Crippen LogP contribution in [0, 0.1) is 0 Å². The fourth-order valence-corrected chi connectivity index (χ4v) is 2.28. The van der Waals surface area contributed by atoms with Crippen LogP contribution in [0.4, 0.5) is 0 Å². The van der Waals surface area contributed by atoms with Gasteiger partial charge in [-0.1, -0.05) is 19.1 Å². The van der Waals surface area contributed by atoms with Gasteiger partial charge in [-0.25, -0.2) is 0 Å². The number of aryl methyl sites for hydroxylation is 1. The van der Waals surface area contributed by atoms with E-state index in [1.54, 1.807) is 7.11 Å². The number of ether oxygens (including phenoxy) is 1. The summed E-state index contributed by atoms with van der Waals surface area (Å²) in [4.78, 5) is 2.35. The summed E-state index contributed by atoms with van der Waals surface area (Å²) in [5.41, 5.74) is 8.40. The molecule has 0 saturated carbocycles. The highest BCUT2D eigenvalue weighted by Gasteiger charge is 2.05. The lowest BCUT2D eigenvalue weighted by molar-refractivity contribution is 0.315. The Kier molecular flexibility index (Phi) is 6.89. The van der Waals surface area contributed by atoms with E-state index in [-0.39, 0.29) is 0 Å². The number of nitrogens with zero attached hydrogens (tertiary/aromatic N) is 1. The smallest absolute Gasteiger partial charge is 0.122 e. The molecule has 0 aliphatic heterocycles. The number of methoxy groups -OCH3 is 1. The summed E-state index contributed by atoms with van der Waals surface area (Å²) < 4.78 is 5.36. The van der Waals surface area contributed by atoms with Crippen molar-refractivity contribution in [1.82, 2.24) is 4.90 Å². The van der Waals surface area contributed by atoms with Crippen molar-refractivity contribution in [3.63, 3.8) is 0 Å². The monoisotopic (exact) mass is 264 g/mol. The minimum Gasteiger partial charge on any atom is -0.496 e. The molecular formula is C16H28N2O. The van der Waals surface area contributed by atoms with Crippen LogP contribution in [0.2, 0.25) is 0 Å². The molecule has 0 radical (unpaired) electrons. The van der Waals surface area contributed by atoms with Crippen molar-refractivity contribution in [3.05, 3.63) is 29.3 Å². The maximum atomic E-state index is 5.77. The van der Waals surface area contributed by atoms with Gasteiger partial charge < -0.3 is 15.4 Å². The summed E-state index contributed by atoms with van der Waals surface area (Å²) in [5.74, 6) is 0.992. The van der Waals surface area contributed by atoms with Crippen LogP contribution in [0.3, 0.4) is 0 Å². The average Bonchev–Trinajstić information content (AvgIpc) is 2.38. The molecule has 3 nitrogen and oxygen atoms in total. The maximum absolute atomic E-state index is 5.77. The molecule has 1 atom stereocenters. The molecule has 0 spiro atoms. The standard InChI is InChI=1S/C16H28N2O/c1-5-15-11-14(8-9-16(15)19-4)12-18(3)10-6-7-13(2)17/h8-9,11,13H,5-7,10,12,17H2,1-4H3. The Bertz CT molecular complexity index is 377. The molecule has 0 aliphatic rings. The molecule has 1 aromatic carbocycles. The zero-order valence-electron chi connectivity index (χ0n) is 12.8. The van der Waals surface area contributed by atoms with Crippen LogP contribution in [0.5, 0.6) is 5.75 Å². The third kappa shape index (κ3) is 5.62. The van der Waals surface area contributed by atoms with E-state index in [9.17, 15) is 0 Å². The lowest BCUT2D eigenvalue weighted by Crippen LogP contribution is -2.22. The van der Waals surface area contributed by atoms with Crippen molar-refractivity contribution in [2.75, 3.05) is 20.7 Å². The van der Waals surface area contributed by atoms with Gasteiger partial charge in [0, 0.05) is 12.6 Å². The zero-order chi connectivity index (χ0) is 14.3. The molecule has 19 heavy (non-hydrogen) atoms. The Balaban J connectivity index is 2.52. The first-order chi connectivity index (χ1) is 9.06. The predicted octanol–water partition coefficient (Wildman–Crippen LogP) is 2.82. The van der Waals surface area contributed by atoms with Gasteiger partial charge in [-0.05, 0) is 57.0 Å². The van der Waals surface area contributed by atoms with Gasteiger partial charge in [-0.3, -0.25) is 0 Å². The van der Waals surface area contributed by atoms with Gasteiger partial charge in [0.2, 0.25) is 0 Å². The minimum atomic E-state index is 0.307. The van der Waals surface area contributed by atoms with E-state index in [1.807, 2.05) is 0 Å². The molecule has 0 saturated heterocycles. The van der Waals surface area contributed by atoms with E-state index >= 15 is 0 Å². The number of hydrogen-bond acceptors (Lipinski definition) is 3. The summed E-state index contributed by atoms with van der Waals surface area (Å²) in [7, 11) is 3.89. The van der Waals surface area contributed by atoms with E-state index in [4.69, 9.17) is 10.5 Å². The quantitative estimate of drug-likeness (QED) is 0.784. The number of benzene rings is 1. The molecular weight excluding hydrogens is 236 g/mol. The van der Waals surface area contributed by atoms with Crippen LogP contribution in [0.15, 0.2) is 18.2 Å². The Labute approximate surface area is 117 Å². The lowest BCUT2D eigenvalue weighted by Gasteiger charge is -2.18. The molecule has 0 aromatic heterocycles. The summed E-state index contributed by atoms with van der Waals surface area (Å²) >= 11 is 0. The number of rotatable bonds is 8. The van der Waals surface area contributed by atoms with Crippen molar-refractivity contribution in [2.45, 2.75) is 45.7 Å². The van der Waals surface area contributed by atoms with Crippen molar-refractivity contribution >= 4 is 0 Å². The van der Waals surface area contributed by atoms with Crippen LogP contribution in [0.25, 0.3) is 0 Å². The topological polar surface area (TPSA) is 38.5 Å². The van der Waals surface area contributed by atoms with E-state index in [2.05, 4.69) is 44.0 Å². The predicted molar refractivity (Wildman–Crippen MR) is 81.6 cm³/mol. The van der Waals surface area contributed by atoms with Crippen LogP contribution in [-0.4, -0.2) is 31.6 Å². The highest BCUT2D eigenvalue weighted by Crippen LogP contribution is 2.21. The fourth-order valence-electron chi connectivity index (χ4n) is 2.28. The van der Waals surface area contributed by atoms with Crippen LogP contribution in [-0.2, 0) is 13.0 Å². The third-order valence-electron chi connectivity index (χ3n) is 3.38. The van der Waals surface area contributed by atoms with Crippen molar-refractivity contribution in [2.24, 2.45) is 5.73 Å². The van der Waals surface area contributed by atoms with Gasteiger partial charge in [0.05, 0.1) is 7.11 Å². The van der Waals surface area contributed by atoms with Gasteiger partial charge in [0.15, 0.2) is 0 Å². The Morgan fingerprint density at radius 2 is 2.11 bits per heavy atom. The summed E-state index contributed by atoms with van der Waals surface area (Å²) in [6.45, 7) is 6.30. The molecule has 1 unspecified atom stereocenters. The van der Waals surface area contributed by atoms with Crippen LogP contribution >= 0.6 is 0 Å². The van der Waals surface area contributed by atoms with Gasteiger partial charge in [0.1, 0.15) is 5.75 Å². The van der Waals surface area contributed by atoms with Gasteiger partial charge in [-0.15, -0.1) is 0 Å². The molecule has 0 bridgehead atoms. The van der Waals surface area contributed by atoms with Gasteiger partial charge in [-0.2, -0.15) is 0 Å². The van der Waals surface area contributed by atoms with E-state index in [0.717, 1.165) is 38.1 Å². The SMILES string of the molecule is CCc1cc(CN(C)CCCC(C)N)ccc1OC. The van der Waals surface area contributed by atoms with Gasteiger partial charge in [0.25, 0.3) is 0 Å². The van der Waals surface area contributed by atoms with Crippen molar-refractivity contribution in [3.8, 4) is 5.75 Å².